The Morgan fingerprint density at radius 2 is 1.82 bits per heavy atom. The molecule has 0 spiro atoms. The number of nitrogens with zero attached hydrogens (tertiary/aromatic N) is 1. The van der Waals surface area contributed by atoms with Crippen LogP contribution >= 0.6 is 11.8 Å². The predicted octanol–water partition coefficient (Wildman–Crippen LogP) is 2.84. The van der Waals surface area contributed by atoms with Gasteiger partial charge in [-0.25, -0.2) is 0 Å². The molecule has 1 aromatic rings. The minimum atomic E-state index is -0.0659. The van der Waals surface area contributed by atoms with Gasteiger partial charge < -0.3 is 14.4 Å². The third kappa shape index (κ3) is 4.48. The number of hydrogen-bond acceptors (Lipinski definition) is 5. The first-order chi connectivity index (χ1) is 10.5. The maximum absolute atomic E-state index is 12.2. The van der Waals surface area contributed by atoms with Gasteiger partial charge in [0.1, 0.15) is 5.75 Å². The van der Waals surface area contributed by atoms with E-state index < -0.39 is 0 Å². The summed E-state index contributed by atoms with van der Waals surface area (Å²) in [5.74, 6) is 0.789. The highest BCUT2D eigenvalue weighted by Crippen LogP contribution is 2.18. The van der Waals surface area contributed by atoms with Crippen molar-refractivity contribution in [3.63, 3.8) is 0 Å². The predicted molar refractivity (Wildman–Crippen MR) is 86.8 cm³/mol. The Balaban J connectivity index is 1.85. The Morgan fingerprint density at radius 3 is 2.36 bits per heavy atom. The molecule has 1 fully saturated rings. The van der Waals surface area contributed by atoms with Gasteiger partial charge in [0.15, 0.2) is 5.78 Å². The lowest BCUT2D eigenvalue weighted by Crippen LogP contribution is -2.47. The van der Waals surface area contributed by atoms with E-state index in [0.717, 1.165) is 11.8 Å². The summed E-state index contributed by atoms with van der Waals surface area (Å²) in [6.45, 7) is 5.05. The standard InChI is InChI=1S/C16H21NO4S/c1-11-8-17(9-12(2)21-11)16(19)22-10-15(18)13-4-6-14(20-3)7-5-13/h4-7,11-12H,8-10H2,1-3H3/t11-,12-/m1/s1. The number of benzene rings is 1. The van der Waals surface area contributed by atoms with Gasteiger partial charge in [-0.05, 0) is 38.1 Å². The summed E-state index contributed by atoms with van der Waals surface area (Å²) in [5.41, 5.74) is 0.588. The summed E-state index contributed by atoms with van der Waals surface area (Å²) in [6, 6.07) is 6.91. The molecule has 0 aliphatic carbocycles. The van der Waals surface area contributed by atoms with Gasteiger partial charge >= 0.3 is 0 Å². The second-order valence-electron chi connectivity index (χ2n) is 5.37. The van der Waals surface area contributed by atoms with Crippen LogP contribution in [0.15, 0.2) is 24.3 Å². The van der Waals surface area contributed by atoms with Crippen LogP contribution in [-0.4, -0.2) is 54.1 Å². The number of rotatable bonds is 4. The average molecular weight is 323 g/mol. The number of Topliss-reactive ketones (excluding diaryl/α,β-unsaturated/α-hetero) is 1. The second-order valence-corrected chi connectivity index (χ2v) is 6.30. The Morgan fingerprint density at radius 1 is 1.23 bits per heavy atom. The van der Waals surface area contributed by atoms with Crippen molar-refractivity contribution in [1.29, 1.82) is 0 Å². The van der Waals surface area contributed by atoms with Gasteiger partial charge in [-0.2, -0.15) is 0 Å². The summed E-state index contributed by atoms with van der Waals surface area (Å²) in [5, 5.41) is -0.0659. The lowest BCUT2D eigenvalue weighted by Gasteiger charge is -2.34. The molecule has 1 aliphatic rings. The van der Waals surface area contributed by atoms with E-state index in [1.54, 1.807) is 36.3 Å². The van der Waals surface area contributed by atoms with Crippen molar-refractivity contribution in [3.05, 3.63) is 29.8 Å². The summed E-state index contributed by atoms with van der Waals surface area (Å²) < 4.78 is 10.7. The number of carbonyl (C=O) groups excluding carboxylic acids is 2. The molecule has 2 rings (SSSR count). The normalized spacial score (nSPS) is 21.5. The lowest BCUT2D eigenvalue weighted by atomic mass is 10.1. The lowest BCUT2D eigenvalue weighted by molar-refractivity contribution is -0.0515. The largest absolute Gasteiger partial charge is 0.497 e. The fraction of sp³-hybridized carbons (Fsp3) is 0.500. The van der Waals surface area contributed by atoms with E-state index in [4.69, 9.17) is 9.47 Å². The maximum atomic E-state index is 12.2. The topological polar surface area (TPSA) is 55.8 Å². The van der Waals surface area contributed by atoms with Gasteiger partial charge in [-0.3, -0.25) is 9.59 Å². The monoisotopic (exact) mass is 323 g/mol. The SMILES string of the molecule is COc1ccc(C(=O)CSC(=O)N2C[C@@H](C)O[C@H](C)C2)cc1. The Bertz CT molecular complexity index is 521. The molecule has 5 nitrogen and oxygen atoms in total. The number of methoxy groups -OCH3 is 1. The zero-order valence-corrected chi connectivity index (χ0v) is 13.9. The number of ether oxygens (including phenoxy) is 2. The van der Waals surface area contributed by atoms with Crippen LogP contribution in [0.2, 0.25) is 0 Å². The first-order valence-corrected chi connectivity index (χ1v) is 8.22. The van der Waals surface area contributed by atoms with Crippen molar-refractivity contribution in [1.82, 2.24) is 4.90 Å². The fourth-order valence-electron chi connectivity index (χ4n) is 2.41. The third-order valence-electron chi connectivity index (χ3n) is 3.42. The third-order valence-corrected chi connectivity index (χ3v) is 4.33. The molecule has 1 aliphatic heterocycles. The van der Waals surface area contributed by atoms with E-state index in [1.807, 2.05) is 13.8 Å². The van der Waals surface area contributed by atoms with Crippen LogP contribution in [-0.2, 0) is 4.74 Å². The van der Waals surface area contributed by atoms with E-state index in [0.29, 0.717) is 24.4 Å². The second kappa shape index (κ2) is 7.65. The molecule has 0 unspecified atom stereocenters. The van der Waals surface area contributed by atoms with Crippen LogP contribution in [0.3, 0.4) is 0 Å². The first-order valence-electron chi connectivity index (χ1n) is 7.24. The number of carbonyl (C=O) groups is 2. The van der Waals surface area contributed by atoms with Crippen molar-refractivity contribution in [2.75, 3.05) is 26.0 Å². The zero-order chi connectivity index (χ0) is 16.1. The molecule has 0 radical (unpaired) electrons. The molecule has 0 N–H and O–H groups in total. The molecule has 1 aromatic carbocycles. The maximum Gasteiger partial charge on any atom is 0.282 e. The highest BCUT2D eigenvalue weighted by Gasteiger charge is 2.26. The molecule has 22 heavy (non-hydrogen) atoms. The molecule has 0 aromatic heterocycles. The number of thioether (sulfide) groups is 1. The van der Waals surface area contributed by atoms with Crippen LogP contribution in [0, 0.1) is 0 Å². The molecular weight excluding hydrogens is 302 g/mol. The quantitative estimate of drug-likeness (QED) is 0.798. The minimum absolute atomic E-state index is 0.0330. The van der Waals surface area contributed by atoms with Gasteiger partial charge in [0.25, 0.3) is 5.24 Å². The number of hydrogen-bond donors (Lipinski definition) is 0. The van der Waals surface area contributed by atoms with Crippen LogP contribution in [0.1, 0.15) is 24.2 Å². The van der Waals surface area contributed by atoms with E-state index in [-0.39, 0.29) is 29.0 Å². The summed E-state index contributed by atoms with van der Waals surface area (Å²) in [7, 11) is 1.58. The minimum Gasteiger partial charge on any atom is -0.497 e. The van der Waals surface area contributed by atoms with Crippen molar-refractivity contribution >= 4 is 22.8 Å². The Kier molecular flexibility index (Phi) is 5.85. The van der Waals surface area contributed by atoms with Crippen LogP contribution < -0.4 is 4.74 Å². The van der Waals surface area contributed by atoms with Gasteiger partial charge in [-0.1, -0.05) is 11.8 Å². The van der Waals surface area contributed by atoms with Crippen molar-refractivity contribution in [2.24, 2.45) is 0 Å². The van der Waals surface area contributed by atoms with E-state index >= 15 is 0 Å². The molecular formula is C16H21NO4S. The van der Waals surface area contributed by atoms with Gasteiger partial charge in [-0.15, -0.1) is 0 Å². The number of morpholine rings is 1. The zero-order valence-electron chi connectivity index (χ0n) is 13.1. The highest BCUT2D eigenvalue weighted by molar-refractivity contribution is 8.14. The van der Waals surface area contributed by atoms with Gasteiger partial charge in [0.05, 0.1) is 25.1 Å². The first kappa shape index (κ1) is 16.8. The molecule has 0 saturated carbocycles. The summed E-state index contributed by atoms with van der Waals surface area (Å²) >= 11 is 1.05. The molecule has 1 saturated heterocycles. The number of amides is 1. The van der Waals surface area contributed by atoms with Crippen molar-refractivity contribution in [2.45, 2.75) is 26.1 Å². The van der Waals surface area contributed by atoms with E-state index in [2.05, 4.69) is 0 Å². The smallest absolute Gasteiger partial charge is 0.282 e. The fourth-order valence-corrected chi connectivity index (χ4v) is 3.16. The Labute approximate surface area is 135 Å². The Hall–Kier alpha value is -1.53. The van der Waals surface area contributed by atoms with Crippen LogP contribution in [0.25, 0.3) is 0 Å². The summed E-state index contributed by atoms with van der Waals surface area (Å²) in [4.78, 5) is 26.0. The van der Waals surface area contributed by atoms with Crippen LogP contribution in [0.4, 0.5) is 4.79 Å². The number of ketones is 1. The molecule has 0 bridgehead atoms. The molecule has 6 heteroatoms. The van der Waals surface area contributed by atoms with Crippen molar-refractivity contribution in [3.8, 4) is 5.75 Å². The molecule has 1 amide bonds. The van der Waals surface area contributed by atoms with Gasteiger partial charge in [0.2, 0.25) is 0 Å². The van der Waals surface area contributed by atoms with Crippen molar-refractivity contribution < 1.29 is 19.1 Å². The van der Waals surface area contributed by atoms with Crippen LogP contribution in [0.5, 0.6) is 5.75 Å². The van der Waals surface area contributed by atoms with E-state index in [9.17, 15) is 9.59 Å². The molecule has 120 valence electrons. The van der Waals surface area contributed by atoms with Gasteiger partial charge in [0, 0.05) is 18.7 Å². The molecule has 2 atom stereocenters. The van der Waals surface area contributed by atoms with E-state index in [1.165, 1.54) is 0 Å². The highest BCUT2D eigenvalue weighted by atomic mass is 32.2. The average Bonchev–Trinajstić information content (AvgIpc) is 2.51. The molecule has 1 heterocycles. The summed E-state index contributed by atoms with van der Waals surface area (Å²) in [6.07, 6.45) is 0.0659.